The van der Waals surface area contributed by atoms with Gasteiger partial charge in [-0.2, -0.15) is 0 Å². The predicted molar refractivity (Wildman–Crippen MR) is 97.7 cm³/mol. The van der Waals surface area contributed by atoms with Crippen LogP contribution in [-0.2, 0) is 28.2 Å². The van der Waals surface area contributed by atoms with Crippen molar-refractivity contribution in [2.24, 2.45) is 5.92 Å². The Bertz CT molecular complexity index is 508. The highest BCUT2D eigenvalue weighted by Gasteiger charge is 2.40. The standard InChI is InChI=1S/C18H32O6Si/c1-12(17(20)21-6)14-9-10-15(23-13(2)19)16(24-14)11-22-25(7,8)18(3,4)5/h9-10,12,14-16H,11H2,1-8H3/t12-,14+,15+,16-/m1/s1. The van der Waals surface area contributed by atoms with Crippen molar-refractivity contribution in [2.45, 2.75) is 71.1 Å². The topological polar surface area (TPSA) is 71.1 Å². The lowest BCUT2D eigenvalue weighted by molar-refractivity contribution is -0.165. The van der Waals surface area contributed by atoms with Crippen molar-refractivity contribution in [1.29, 1.82) is 0 Å². The number of ether oxygens (including phenoxy) is 3. The second kappa shape index (κ2) is 8.47. The molecule has 6 nitrogen and oxygen atoms in total. The first kappa shape index (κ1) is 21.9. The van der Waals surface area contributed by atoms with Gasteiger partial charge in [-0.05, 0) is 31.1 Å². The van der Waals surface area contributed by atoms with Gasteiger partial charge in [-0.3, -0.25) is 9.59 Å². The smallest absolute Gasteiger partial charge is 0.311 e. The van der Waals surface area contributed by atoms with E-state index in [-0.39, 0.29) is 17.0 Å². The van der Waals surface area contributed by atoms with Gasteiger partial charge in [-0.15, -0.1) is 0 Å². The minimum absolute atomic E-state index is 0.0626. The Kier molecular flexibility index (Phi) is 7.40. The average Bonchev–Trinajstić information content (AvgIpc) is 2.50. The number of methoxy groups -OCH3 is 1. The Morgan fingerprint density at radius 1 is 1.24 bits per heavy atom. The Morgan fingerprint density at radius 3 is 2.32 bits per heavy atom. The molecule has 0 radical (unpaired) electrons. The van der Waals surface area contributed by atoms with Crippen molar-refractivity contribution in [2.75, 3.05) is 13.7 Å². The number of rotatable bonds is 6. The van der Waals surface area contributed by atoms with Crippen LogP contribution in [0.3, 0.4) is 0 Å². The minimum Gasteiger partial charge on any atom is -0.469 e. The van der Waals surface area contributed by atoms with E-state index in [0.717, 1.165) is 0 Å². The van der Waals surface area contributed by atoms with Crippen LogP contribution in [0.2, 0.25) is 18.1 Å². The summed E-state index contributed by atoms with van der Waals surface area (Å²) < 4.78 is 22.4. The summed E-state index contributed by atoms with van der Waals surface area (Å²) in [6, 6.07) is 0. The molecule has 0 aliphatic carbocycles. The van der Waals surface area contributed by atoms with E-state index in [1.54, 1.807) is 19.1 Å². The summed E-state index contributed by atoms with van der Waals surface area (Å²) in [4.78, 5) is 23.1. The van der Waals surface area contributed by atoms with Gasteiger partial charge in [-0.25, -0.2) is 0 Å². The molecule has 0 spiro atoms. The zero-order valence-corrected chi connectivity index (χ0v) is 17.6. The Balaban J connectivity index is 2.89. The third-order valence-corrected chi connectivity index (χ3v) is 9.47. The first-order chi connectivity index (χ1) is 11.4. The lowest BCUT2D eigenvalue weighted by Crippen LogP contribution is -2.48. The fourth-order valence-corrected chi connectivity index (χ4v) is 3.23. The molecule has 0 aromatic rings. The van der Waals surface area contributed by atoms with E-state index in [4.69, 9.17) is 18.6 Å². The van der Waals surface area contributed by atoms with E-state index in [0.29, 0.717) is 6.61 Å². The van der Waals surface area contributed by atoms with Gasteiger partial charge in [0.2, 0.25) is 0 Å². The van der Waals surface area contributed by atoms with Crippen molar-refractivity contribution in [3.05, 3.63) is 12.2 Å². The molecule has 144 valence electrons. The van der Waals surface area contributed by atoms with Crippen LogP contribution in [0.15, 0.2) is 12.2 Å². The molecule has 0 aromatic carbocycles. The van der Waals surface area contributed by atoms with Crippen LogP contribution in [0.1, 0.15) is 34.6 Å². The van der Waals surface area contributed by atoms with Gasteiger partial charge in [0.1, 0.15) is 12.2 Å². The maximum Gasteiger partial charge on any atom is 0.311 e. The number of esters is 2. The molecule has 25 heavy (non-hydrogen) atoms. The van der Waals surface area contributed by atoms with E-state index in [1.807, 2.05) is 0 Å². The van der Waals surface area contributed by atoms with Gasteiger partial charge in [-0.1, -0.05) is 26.8 Å². The maximum atomic E-state index is 11.8. The number of carbonyl (C=O) groups is 2. The zero-order chi connectivity index (χ0) is 19.4. The van der Waals surface area contributed by atoms with E-state index in [1.165, 1.54) is 14.0 Å². The van der Waals surface area contributed by atoms with Gasteiger partial charge in [0.25, 0.3) is 0 Å². The van der Waals surface area contributed by atoms with Crippen LogP contribution in [-0.4, -0.2) is 52.3 Å². The molecule has 1 aliphatic rings. The molecule has 7 heteroatoms. The molecule has 1 rings (SSSR count). The molecular weight excluding hydrogens is 340 g/mol. The predicted octanol–water partition coefficient (Wildman–Crippen LogP) is 3.07. The van der Waals surface area contributed by atoms with Gasteiger partial charge in [0, 0.05) is 6.92 Å². The molecule has 1 heterocycles. The molecule has 0 saturated heterocycles. The zero-order valence-electron chi connectivity index (χ0n) is 16.6. The maximum absolute atomic E-state index is 11.8. The molecule has 0 aromatic heterocycles. The fraction of sp³-hybridized carbons (Fsp3) is 0.778. The average molecular weight is 373 g/mol. The van der Waals surface area contributed by atoms with Gasteiger partial charge >= 0.3 is 11.9 Å². The summed E-state index contributed by atoms with van der Waals surface area (Å²) in [6.07, 6.45) is 2.10. The Hall–Kier alpha value is -1.18. The van der Waals surface area contributed by atoms with Crippen LogP contribution in [0.25, 0.3) is 0 Å². The molecule has 0 saturated carbocycles. The van der Waals surface area contributed by atoms with Crippen molar-refractivity contribution in [1.82, 2.24) is 0 Å². The van der Waals surface area contributed by atoms with Crippen molar-refractivity contribution >= 4 is 20.3 Å². The first-order valence-corrected chi connectivity index (χ1v) is 11.5. The number of hydrogen-bond acceptors (Lipinski definition) is 6. The van der Waals surface area contributed by atoms with Crippen LogP contribution in [0.5, 0.6) is 0 Å². The molecule has 0 fully saturated rings. The third-order valence-electron chi connectivity index (χ3n) is 4.97. The van der Waals surface area contributed by atoms with Crippen LogP contribution in [0, 0.1) is 5.92 Å². The van der Waals surface area contributed by atoms with Crippen LogP contribution in [0.4, 0.5) is 0 Å². The number of carbonyl (C=O) groups excluding carboxylic acids is 2. The normalized spacial score (nSPS) is 25.4. The second-order valence-electron chi connectivity index (χ2n) is 7.98. The molecule has 4 atom stereocenters. The van der Waals surface area contributed by atoms with Gasteiger partial charge in [0.05, 0.1) is 25.7 Å². The van der Waals surface area contributed by atoms with Crippen LogP contribution < -0.4 is 0 Å². The lowest BCUT2D eigenvalue weighted by Gasteiger charge is -2.39. The molecule has 1 aliphatic heterocycles. The molecule has 0 unspecified atom stereocenters. The SMILES string of the molecule is COC(=O)[C@H](C)[C@@H]1C=C[C@H](OC(C)=O)[C@@H](CO[Si](C)(C)C(C)(C)C)O1. The summed E-state index contributed by atoms with van der Waals surface area (Å²) in [7, 11) is -0.620. The largest absolute Gasteiger partial charge is 0.469 e. The van der Waals surface area contributed by atoms with Crippen molar-refractivity contribution in [3.63, 3.8) is 0 Å². The number of hydrogen-bond donors (Lipinski definition) is 0. The van der Waals surface area contributed by atoms with E-state index in [9.17, 15) is 9.59 Å². The quantitative estimate of drug-likeness (QED) is 0.405. The van der Waals surface area contributed by atoms with E-state index in [2.05, 4.69) is 33.9 Å². The molecule has 0 bridgehead atoms. The molecular formula is C18H32O6Si. The summed E-state index contributed by atoms with van der Waals surface area (Å²) in [5.41, 5.74) is 0. The fourth-order valence-electron chi connectivity index (χ4n) is 2.22. The monoisotopic (exact) mass is 372 g/mol. The van der Waals surface area contributed by atoms with E-state index < -0.39 is 32.5 Å². The molecule has 0 N–H and O–H groups in total. The summed E-state index contributed by atoms with van der Waals surface area (Å²) in [5.74, 6) is -1.17. The Labute approximate surface area is 152 Å². The van der Waals surface area contributed by atoms with Crippen LogP contribution >= 0.6 is 0 Å². The van der Waals surface area contributed by atoms with Crippen molar-refractivity contribution in [3.8, 4) is 0 Å². The first-order valence-electron chi connectivity index (χ1n) is 8.62. The second-order valence-corrected chi connectivity index (χ2v) is 12.8. The van der Waals surface area contributed by atoms with E-state index >= 15 is 0 Å². The lowest BCUT2D eigenvalue weighted by atomic mass is 10.00. The van der Waals surface area contributed by atoms with Gasteiger partial charge < -0.3 is 18.6 Å². The summed E-state index contributed by atoms with van der Waals surface area (Å²) >= 11 is 0. The van der Waals surface area contributed by atoms with Crippen molar-refractivity contribution < 1.29 is 28.2 Å². The Morgan fingerprint density at radius 2 is 1.84 bits per heavy atom. The summed E-state index contributed by atoms with van der Waals surface area (Å²) in [6.45, 7) is 14.2. The third kappa shape index (κ3) is 5.93. The highest BCUT2D eigenvalue weighted by Crippen LogP contribution is 2.37. The summed E-state index contributed by atoms with van der Waals surface area (Å²) in [5, 5.41) is 0.0626. The molecule has 0 amide bonds. The van der Waals surface area contributed by atoms with Gasteiger partial charge in [0.15, 0.2) is 8.32 Å². The highest BCUT2D eigenvalue weighted by atomic mass is 28.4. The minimum atomic E-state index is -1.97. The highest BCUT2D eigenvalue weighted by molar-refractivity contribution is 6.74.